The number of carboxylic acids is 1. The first-order chi connectivity index (χ1) is 8.04. The zero-order valence-corrected chi connectivity index (χ0v) is 10.1. The molecule has 17 heavy (non-hydrogen) atoms. The molecule has 0 unspecified atom stereocenters. The molecular formula is C11H18N4O2. The van der Waals surface area contributed by atoms with E-state index < -0.39 is 5.97 Å². The minimum atomic E-state index is -1.04. The standard InChI is InChI=1S/C11H18N4O2/c1-3-15(2)5-4-13-10-6-8(11(16)17)9(12)7-14-10/h6-7H,3-5,12H2,1-2H3,(H,13,14)(H,16,17). The SMILES string of the molecule is CCN(C)CCNc1cc(C(=O)O)c(N)cn1. The lowest BCUT2D eigenvalue weighted by Gasteiger charge is -2.14. The van der Waals surface area contributed by atoms with E-state index in [0.29, 0.717) is 12.4 Å². The first kappa shape index (κ1) is 13.2. The van der Waals surface area contributed by atoms with Crippen LogP contribution in [0.3, 0.4) is 0 Å². The summed E-state index contributed by atoms with van der Waals surface area (Å²) in [4.78, 5) is 17.0. The highest BCUT2D eigenvalue weighted by Gasteiger charge is 2.09. The first-order valence-corrected chi connectivity index (χ1v) is 5.45. The molecule has 0 saturated heterocycles. The van der Waals surface area contributed by atoms with Crippen LogP contribution in [0, 0.1) is 0 Å². The molecule has 1 rings (SSSR count). The lowest BCUT2D eigenvalue weighted by atomic mass is 10.2. The summed E-state index contributed by atoms with van der Waals surface area (Å²) in [6, 6.07) is 1.45. The summed E-state index contributed by atoms with van der Waals surface area (Å²) in [5.74, 6) is -0.514. The van der Waals surface area contributed by atoms with Crippen LogP contribution in [0.2, 0.25) is 0 Å². The van der Waals surface area contributed by atoms with Crippen LogP contribution in [0.4, 0.5) is 11.5 Å². The van der Waals surface area contributed by atoms with Gasteiger partial charge in [0.05, 0.1) is 17.4 Å². The number of hydrogen-bond donors (Lipinski definition) is 3. The summed E-state index contributed by atoms with van der Waals surface area (Å²) in [5, 5.41) is 12.0. The highest BCUT2D eigenvalue weighted by molar-refractivity contribution is 5.94. The van der Waals surface area contributed by atoms with Crippen molar-refractivity contribution in [2.45, 2.75) is 6.92 Å². The van der Waals surface area contributed by atoms with Crippen molar-refractivity contribution in [2.75, 3.05) is 37.7 Å². The molecule has 0 amide bonds. The summed E-state index contributed by atoms with van der Waals surface area (Å²) < 4.78 is 0. The Morgan fingerprint density at radius 3 is 2.94 bits per heavy atom. The molecule has 0 saturated carbocycles. The normalized spacial score (nSPS) is 10.5. The maximum atomic E-state index is 10.9. The van der Waals surface area contributed by atoms with Crippen LogP contribution in [0.5, 0.6) is 0 Å². The number of hydrogen-bond acceptors (Lipinski definition) is 5. The van der Waals surface area contributed by atoms with E-state index in [-0.39, 0.29) is 11.3 Å². The maximum Gasteiger partial charge on any atom is 0.337 e. The number of nitrogen functional groups attached to an aromatic ring is 1. The third-order valence-corrected chi connectivity index (χ3v) is 2.50. The summed E-state index contributed by atoms with van der Waals surface area (Å²) >= 11 is 0. The molecule has 4 N–H and O–H groups in total. The molecule has 1 aromatic rings. The van der Waals surface area contributed by atoms with E-state index in [0.717, 1.165) is 13.1 Å². The number of pyridine rings is 1. The van der Waals surface area contributed by atoms with Gasteiger partial charge in [0, 0.05) is 13.1 Å². The maximum absolute atomic E-state index is 10.9. The molecule has 6 nitrogen and oxygen atoms in total. The lowest BCUT2D eigenvalue weighted by Crippen LogP contribution is -2.25. The second-order valence-electron chi connectivity index (χ2n) is 3.78. The van der Waals surface area contributed by atoms with E-state index >= 15 is 0 Å². The number of aromatic nitrogens is 1. The van der Waals surface area contributed by atoms with Crippen molar-refractivity contribution >= 4 is 17.5 Å². The van der Waals surface area contributed by atoms with E-state index in [1.165, 1.54) is 12.3 Å². The van der Waals surface area contributed by atoms with Gasteiger partial charge in [-0.2, -0.15) is 0 Å². The van der Waals surface area contributed by atoms with Gasteiger partial charge in [-0.25, -0.2) is 9.78 Å². The Hall–Kier alpha value is -1.82. The molecule has 1 heterocycles. The third kappa shape index (κ3) is 3.92. The highest BCUT2D eigenvalue weighted by Crippen LogP contribution is 2.14. The molecule has 94 valence electrons. The fourth-order valence-electron chi connectivity index (χ4n) is 1.28. The zero-order chi connectivity index (χ0) is 12.8. The van der Waals surface area contributed by atoms with E-state index in [1.54, 1.807) is 0 Å². The van der Waals surface area contributed by atoms with E-state index in [4.69, 9.17) is 10.8 Å². The lowest BCUT2D eigenvalue weighted by molar-refractivity contribution is 0.0698. The van der Waals surface area contributed by atoms with Gasteiger partial charge < -0.3 is 21.1 Å². The average molecular weight is 238 g/mol. The van der Waals surface area contributed by atoms with Gasteiger partial charge in [-0.05, 0) is 19.7 Å². The molecule has 0 radical (unpaired) electrons. The van der Waals surface area contributed by atoms with Crippen LogP contribution in [0.25, 0.3) is 0 Å². The predicted molar refractivity (Wildman–Crippen MR) is 67.3 cm³/mol. The summed E-state index contributed by atoms with van der Waals surface area (Å²) in [5.41, 5.74) is 5.76. The van der Waals surface area contributed by atoms with E-state index in [9.17, 15) is 4.79 Å². The molecule has 0 aliphatic carbocycles. The number of nitrogens with zero attached hydrogens (tertiary/aromatic N) is 2. The van der Waals surface area contributed by atoms with E-state index in [1.807, 2.05) is 7.05 Å². The van der Waals surface area contributed by atoms with Crippen molar-refractivity contribution in [3.05, 3.63) is 17.8 Å². The second-order valence-corrected chi connectivity index (χ2v) is 3.78. The van der Waals surface area contributed by atoms with Crippen molar-refractivity contribution in [3.8, 4) is 0 Å². The zero-order valence-electron chi connectivity index (χ0n) is 10.1. The van der Waals surface area contributed by atoms with Crippen molar-refractivity contribution in [1.82, 2.24) is 9.88 Å². The van der Waals surface area contributed by atoms with Gasteiger partial charge in [0.15, 0.2) is 0 Å². The molecule has 0 spiro atoms. The average Bonchev–Trinajstić information content (AvgIpc) is 2.30. The van der Waals surface area contributed by atoms with Gasteiger partial charge in [0.1, 0.15) is 5.82 Å². The first-order valence-electron chi connectivity index (χ1n) is 5.45. The van der Waals surface area contributed by atoms with Crippen molar-refractivity contribution < 1.29 is 9.90 Å². The quantitative estimate of drug-likeness (QED) is 0.676. The molecule has 0 aliphatic heterocycles. The molecule has 0 bridgehead atoms. The largest absolute Gasteiger partial charge is 0.478 e. The van der Waals surface area contributed by atoms with Crippen LogP contribution in [-0.2, 0) is 0 Å². The molecule has 0 fully saturated rings. The van der Waals surface area contributed by atoms with Gasteiger partial charge in [-0.1, -0.05) is 6.92 Å². The number of carbonyl (C=O) groups is 1. The van der Waals surface area contributed by atoms with E-state index in [2.05, 4.69) is 22.1 Å². The minimum absolute atomic E-state index is 0.0753. The van der Waals surface area contributed by atoms with Crippen molar-refractivity contribution in [2.24, 2.45) is 0 Å². The number of aromatic carboxylic acids is 1. The molecule has 0 aliphatic rings. The number of rotatable bonds is 6. The van der Waals surface area contributed by atoms with Crippen molar-refractivity contribution in [3.63, 3.8) is 0 Å². The number of likely N-dealkylation sites (N-methyl/N-ethyl adjacent to an activating group) is 1. The topological polar surface area (TPSA) is 91.5 Å². The van der Waals surface area contributed by atoms with Gasteiger partial charge in [-0.3, -0.25) is 0 Å². The van der Waals surface area contributed by atoms with Crippen LogP contribution >= 0.6 is 0 Å². The molecule has 0 atom stereocenters. The minimum Gasteiger partial charge on any atom is -0.478 e. The fraction of sp³-hybridized carbons (Fsp3) is 0.455. The Labute approximate surface area is 100 Å². The number of nitrogens with two attached hydrogens (primary N) is 1. The Morgan fingerprint density at radius 2 is 2.35 bits per heavy atom. The van der Waals surface area contributed by atoms with Gasteiger partial charge >= 0.3 is 5.97 Å². The fourth-order valence-corrected chi connectivity index (χ4v) is 1.28. The monoisotopic (exact) mass is 238 g/mol. The predicted octanol–water partition coefficient (Wildman–Crippen LogP) is 0.726. The molecule has 0 aromatic carbocycles. The Balaban J connectivity index is 2.60. The van der Waals surface area contributed by atoms with Gasteiger partial charge in [0.25, 0.3) is 0 Å². The Morgan fingerprint density at radius 1 is 1.65 bits per heavy atom. The Kier molecular flexibility index (Phi) is 4.71. The number of nitrogens with one attached hydrogen (secondary N) is 1. The summed E-state index contributed by atoms with van der Waals surface area (Å²) in [6.07, 6.45) is 1.36. The number of anilines is 2. The Bertz CT molecular complexity index is 395. The third-order valence-electron chi connectivity index (χ3n) is 2.50. The van der Waals surface area contributed by atoms with Crippen molar-refractivity contribution in [1.29, 1.82) is 0 Å². The van der Waals surface area contributed by atoms with Crippen LogP contribution in [-0.4, -0.2) is 47.6 Å². The smallest absolute Gasteiger partial charge is 0.337 e. The molecule has 1 aromatic heterocycles. The molecule has 6 heteroatoms. The number of carboxylic acid groups (broad SMARTS) is 1. The second kappa shape index (κ2) is 6.05. The summed E-state index contributed by atoms with van der Waals surface area (Å²) in [7, 11) is 2.01. The van der Waals surface area contributed by atoms with Gasteiger partial charge in [0.2, 0.25) is 0 Å². The van der Waals surface area contributed by atoms with Gasteiger partial charge in [-0.15, -0.1) is 0 Å². The highest BCUT2D eigenvalue weighted by atomic mass is 16.4. The van der Waals surface area contributed by atoms with Crippen LogP contribution < -0.4 is 11.1 Å². The summed E-state index contributed by atoms with van der Waals surface area (Å²) in [6.45, 7) is 4.62. The van der Waals surface area contributed by atoms with Crippen LogP contribution in [0.15, 0.2) is 12.3 Å². The van der Waals surface area contributed by atoms with Crippen LogP contribution in [0.1, 0.15) is 17.3 Å². The molecular weight excluding hydrogens is 220 g/mol.